The maximum Gasteiger partial charge on any atom is 0.266 e. The van der Waals surface area contributed by atoms with Crippen molar-refractivity contribution >= 4 is 0 Å². The highest BCUT2D eigenvalue weighted by atomic mass is 16.5. The van der Waals surface area contributed by atoms with Gasteiger partial charge in [-0.25, -0.2) is 4.98 Å². The molecule has 1 N–H and O–H groups in total. The Kier molecular flexibility index (Phi) is 2.49. The lowest BCUT2D eigenvalue weighted by Gasteiger charge is -2.02. The number of rotatable bonds is 2. The van der Waals surface area contributed by atoms with Crippen LogP contribution in [-0.2, 0) is 0 Å². The van der Waals surface area contributed by atoms with Crippen molar-refractivity contribution in [2.24, 2.45) is 0 Å². The average Bonchev–Trinajstić information content (AvgIpc) is 2.30. The molecule has 0 radical (unpaired) electrons. The fourth-order valence-corrected chi connectivity index (χ4v) is 1.28. The first kappa shape index (κ1) is 9.45. The lowest BCUT2D eigenvalue weighted by molar-refractivity contribution is 0.415. The van der Waals surface area contributed by atoms with Gasteiger partial charge in [0.2, 0.25) is 0 Å². The maximum atomic E-state index is 10.8. The van der Waals surface area contributed by atoms with Gasteiger partial charge in [-0.1, -0.05) is 12.1 Å². The van der Waals surface area contributed by atoms with Gasteiger partial charge >= 0.3 is 0 Å². The van der Waals surface area contributed by atoms with Gasteiger partial charge in [0, 0.05) is 11.8 Å². The number of benzene rings is 1. The second-order valence-electron chi connectivity index (χ2n) is 3.03. The van der Waals surface area contributed by atoms with Gasteiger partial charge in [0.1, 0.15) is 5.75 Å². The molecule has 76 valence electrons. The summed E-state index contributed by atoms with van der Waals surface area (Å²) in [5, 5.41) is 0. The molecule has 1 heterocycles. The van der Waals surface area contributed by atoms with E-state index in [1.54, 1.807) is 13.3 Å². The quantitative estimate of drug-likeness (QED) is 0.801. The van der Waals surface area contributed by atoms with Gasteiger partial charge in [-0.05, 0) is 12.1 Å². The Balaban J connectivity index is 2.44. The van der Waals surface area contributed by atoms with Crippen molar-refractivity contribution in [2.45, 2.75) is 0 Å². The first-order chi connectivity index (χ1) is 7.29. The van der Waals surface area contributed by atoms with Gasteiger partial charge in [0.05, 0.1) is 19.0 Å². The molecule has 0 fully saturated rings. The number of ether oxygens (including phenoxy) is 1. The third-order valence-corrected chi connectivity index (χ3v) is 2.04. The Hall–Kier alpha value is -2.10. The zero-order chi connectivity index (χ0) is 10.7. The Bertz CT molecular complexity index is 499. The van der Waals surface area contributed by atoms with E-state index in [-0.39, 0.29) is 5.56 Å². The molecule has 15 heavy (non-hydrogen) atoms. The summed E-state index contributed by atoms with van der Waals surface area (Å²) in [6, 6.07) is 7.50. The molecule has 1 aromatic heterocycles. The molecular formula is C11H10N2O2. The molecule has 4 heteroatoms. The molecule has 4 nitrogen and oxygen atoms in total. The average molecular weight is 202 g/mol. The first-order valence-electron chi connectivity index (χ1n) is 4.49. The van der Waals surface area contributed by atoms with Crippen LogP contribution >= 0.6 is 0 Å². The number of nitrogens with zero attached hydrogens (tertiary/aromatic N) is 1. The fourth-order valence-electron chi connectivity index (χ4n) is 1.28. The summed E-state index contributed by atoms with van der Waals surface area (Å²) in [6.07, 6.45) is 2.84. The topological polar surface area (TPSA) is 55.0 Å². The lowest BCUT2D eigenvalue weighted by Crippen LogP contribution is -2.04. The van der Waals surface area contributed by atoms with Crippen LogP contribution in [0.1, 0.15) is 0 Å². The molecule has 2 aromatic rings. The number of aromatic amines is 1. The van der Waals surface area contributed by atoms with Gasteiger partial charge < -0.3 is 9.72 Å². The minimum absolute atomic E-state index is 0.207. The lowest BCUT2D eigenvalue weighted by atomic mass is 10.1. The van der Waals surface area contributed by atoms with Crippen LogP contribution in [0.2, 0.25) is 0 Å². The Morgan fingerprint density at radius 2 is 2.27 bits per heavy atom. The van der Waals surface area contributed by atoms with Crippen LogP contribution in [0.3, 0.4) is 0 Å². The minimum Gasteiger partial charge on any atom is -0.497 e. The molecule has 0 saturated heterocycles. The number of methoxy groups -OCH3 is 1. The fraction of sp³-hybridized carbons (Fsp3) is 0.0909. The molecule has 0 unspecified atom stereocenters. The number of aromatic nitrogens is 2. The van der Waals surface area contributed by atoms with E-state index >= 15 is 0 Å². The third kappa shape index (κ3) is 2.04. The molecule has 0 aliphatic carbocycles. The zero-order valence-corrected chi connectivity index (χ0v) is 8.23. The molecule has 0 spiro atoms. The van der Waals surface area contributed by atoms with Crippen LogP contribution in [0.15, 0.2) is 41.5 Å². The molecule has 0 aliphatic heterocycles. The minimum atomic E-state index is -0.207. The SMILES string of the molecule is COc1cccc(-c2c[nH]c(=O)cn2)c1. The molecule has 1 aromatic carbocycles. The highest BCUT2D eigenvalue weighted by molar-refractivity contribution is 5.59. The number of nitrogens with one attached hydrogen (secondary N) is 1. The molecule has 0 atom stereocenters. The standard InChI is InChI=1S/C11H10N2O2/c1-15-9-4-2-3-8(5-9)10-6-13-11(14)7-12-10/h2-7H,1H3,(H,13,14). The van der Waals surface area contributed by atoms with E-state index in [0.29, 0.717) is 5.69 Å². The molecular weight excluding hydrogens is 192 g/mol. The summed E-state index contributed by atoms with van der Waals surface area (Å²) in [4.78, 5) is 17.4. The van der Waals surface area contributed by atoms with Gasteiger partial charge in [-0.2, -0.15) is 0 Å². The predicted octanol–water partition coefficient (Wildman–Crippen LogP) is 1.45. The van der Waals surface area contributed by atoms with Gasteiger partial charge in [-0.3, -0.25) is 4.79 Å². The maximum absolute atomic E-state index is 10.8. The first-order valence-corrected chi connectivity index (χ1v) is 4.49. The molecule has 0 bridgehead atoms. The van der Waals surface area contributed by atoms with E-state index in [9.17, 15) is 4.79 Å². The number of H-pyrrole nitrogens is 1. The van der Waals surface area contributed by atoms with Crippen LogP contribution in [0, 0.1) is 0 Å². The van der Waals surface area contributed by atoms with Gasteiger partial charge in [0.15, 0.2) is 0 Å². The van der Waals surface area contributed by atoms with Crippen LogP contribution in [-0.4, -0.2) is 17.1 Å². The van der Waals surface area contributed by atoms with Gasteiger partial charge in [-0.15, -0.1) is 0 Å². The van der Waals surface area contributed by atoms with Crippen LogP contribution in [0.4, 0.5) is 0 Å². The highest BCUT2D eigenvalue weighted by Gasteiger charge is 2.00. The molecule has 2 rings (SSSR count). The van der Waals surface area contributed by atoms with E-state index in [1.165, 1.54) is 6.20 Å². The van der Waals surface area contributed by atoms with E-state index in [4.69, 9.17) is 4.74 Å². The van der Waals surface area contributed by atoms with Crippen LogP contribution < -0.4 is 10.3 Å². The van der Waals surface area contributed by atoms with Crippen molar-refractivity contribution in [3.8, 4) is 17.0 Å². The van der Waals surface area contributed by atoms with Crippen molar-refractivity contribution in [3.63, 3.8) is 0 Å². The van der Waals surface area contributed by atoms with Crippen molar-refractivity contribution in [3.05, 3.63) is 47.0 Å². The highest BCUT2D eigenvalue weighted by Crippen LogP contribution is 2.20. The van der Waals surface area contributed by atoms with Crippen LogP contribution in [0.25, 0.3) is 11.3 Å². The van der Waals surface area contributed by atoms with Gasteiger partial charge in [0.25, 0.3) is 5.56 Å². The Morgan fingerprint density at radius 3 is 2.93 bits per heavy atom. The summed E-state index contributed by atoms with van der Waals surface area (Å²) in [5.41, 5.74) is 1.42. The van der Waals surface area contributed by atoms with E-state index in [1.807, 2.05) is 24.3 Å². The van der Waals surface area contributed by atoms with Crippen molar-refractivity contribution < 1.29 is 4.74 Å². The summed E-state index contributed by atoms with van der Waals surface area (Å²) >= 11 is 0. The summed E-state index contributed by atoms with van der Waals surface area (Å²) in [6.45, 7) is 0. The third-order valence-electron chi connectivity index (χ3n) is 2.04. The van der Waals surface area contributed by atoms with E-state index in [2.05, 4.69) is 9.97 Å². The van der Waals surface area contributed by atoms with E-state index < -0.39 is 0 Å². The van der Waals surface area contributed by atoms with Crippen molar-refractivity contribution in [1.82, 2.24) is 9.97 Å². The Labute approximate surface area is 86.6 Å². The molecule has 0 aliphatic rings. The molecule has 0 saturated carbocycles. The predicted molar refractivity (Wildman–Crippen MR) is 56.8 cm³/mol. The van der Waals surface area contributed by atoms with E-state index in [0.717, 1.165) is 11.3 Å². The number of hydrogen-bond donors (Lipinski definition) is 1. The number of hydrogen-bond acceptors (Lipinski definition) is 3. The normalized spacial score (nSPS) is 9.93. The summed E-state index contributed by atoms with van der Waals surface area (Å²) in [7, 11) is 1.61. The second-order valence-corrected chi connectivity index (χ2v) is 3.03. The zero-order valence-electron chi connectivity index (χ0n) is 8.23. The smallest absolute Gasteiger partial charge is 0.266 e. The largest absolute Gasteiger partial charge is 0.497 e. The molecule has 0 amide bonds. The van der Waals surface area contributed by atoms with Crippen molar-refractivity contribution in [1.29, 1.82) is 0 Å². The summed E-state index contributed by atoms with van der Waals surface area (Å²) in [5.74, 6) is 0.764. The summed E-state index contributed by atoms with van der Waals surface area (Å²) < 4.78 is 5.10. The van der Waals surface area contributed by atoms with Crippen molar-refractivity contribution in [2.75, 3.05) is 7.11 Å². The second kappa shape index (κ2) is 3.96. The van der Waals surface area contributed by atoms with Crippen LogP contribution in [0.5, 0.6) is 5.75 Å². The monoisotopic (exact) mass is 202 g/mol. The Morgan fingerprint density at radius 1 is 1.40 bits per heavy atom.